The van der Waals surface area contributed by atoms with Crippen molar-refractivity contribution in [3.8, 4) is 5.75 Å². The molecule has 0 unspecified atom stereocenters. The Balaban J connectivity index is 2.27. The average molecular weight is 331 g/mol. The van der Waals surface area contributed by atoms with Crippen LogP contribution in [0.25, 0.3) is 0 Å². The van der Waals surface area contributed by atoms with Gasteiger partial charge in [0, 0.05) is 12.3 Å². The van der Waals surface area contributed by atoms with Crippen molar-refractivity contribution < 1.29 is 17.5 Å². The SMILES string of the molecule is CCOc1ccc(NS(=O)(=O)c2ccnc(Cl)c2)cc1F. The van der Waals surface area contributed by atoms with Gasteiger partial charge in [-0.15, -0.1) is 0 Å². The van der Waals surface area contributed by atoms with Crippen LogP contribution in [0.5, 0.6) is 5.75 Å². The van der Waals surface area contributed by atoms with Crippen LogP contribution in [0.2, 0.25) is 5.15 Å². The van der Waals surface area contributed by atoms with Crippen molar-refractivity contribution in [1.82, 2.24) is 4.98 Å². The molecule has 5 nitrogen and oxygen atoms in total. The minimum absolute atomic E-state index is 0.0516. The summed E-state index contributed by atoms with van der Waals surface area (Å²) in [7, 11) is -3.86. The van der Waals surface area contributed by atoms with Crippen LogP contribution in [-0.2, 0) is 10.0 Å². The Labute approximate surface area is 126 Å². The molecule has 1 N–H and O–H groups in total. The lowest BCUT2D eigenvalue weighted by Crippen LogP contribution is -2.13. The van der Waals surface area contributed by atoms with Gasteiger partial charge in [-0.2, -0.15) is 0 Å². The Morgan fingerprint density at radius 1 is 1.33 bits per heavy atom. The predicted molar refractivity (Wildman–Crippen MR) is 77.6 cm³/mol. The number of rotatable bonds is 5. The molecule has 2 aromatic rings. The Bertz CT molecular complexity index is 753. The summed E-state index contributed by atoms with van der Waals surface area (Å²) in [6, 6.07) is 6.31. The number of nitrogens with zero attached hydrogens (tertiary/aromatic N) is 1. The maximum Gasteiger partial charge on any atom is 0.262 e. The fraction of sp³-hybridized carbons (Fsp3) is 0.154. The maximum absolute atomic E-state index is 13.7. The molecule has 1 aromatic heterocycles. The number of aromatic nitrogens is 1. The Morgan fingerprint density at radius 3 is 2.71 bits per heavy atom. The molecular formula is C13H12ClFN2O3S. The van der Waals surface area contributed by atoms with Crippen LogP contribution in [0.15, 0.2) is 41.4 Å². The van der Waals surface area contributed by atoms with Crippen molar-refractivity contribution in [3.05, 3.63) is 47.5 Å². The third kappa shape index (κ3) is 3.83. The number of anilines is 1. The summed E-state index contributed by atoms with van der Waals surface area (Å²) in [6.45, 7) is 2.04. The van der Waals surface area contributed by atoms with E-state index in [-0.39, 0.29) is 21.5 Å². The van der Waals surface area contributed by atoms with Crippen LogP contribution in [0.1, 0.15) is 6.92 Å². The summed E-state index contributed by atoms with van der Waals surface area (Å²) in [5, 5.41) is 0.0516. The molecule has 1 heterocycles. The average Bonchev–Trinajstić information content (AvgIpc) is 2.42. The van der Waals surface area contributed by atoms with Crippen molar-refractivity contribution >= 4 is 27.3 Å². The molecule has 21 heavy (non-hydrogen) atoms. The maximum atomic E-state index is 13.7. The molecule has 0 saturated heterocycles. The summed E-state index contributed by atoms with van der Waals surface area (Å²) < 4.78 is 45.2. The highest BCUT2D eigenvalue weighted by atomic mass is 35.5. The van der Waals surface area contributed by atoms with Crippen LogP contribution in [0.4, 0.5) is 10.1 Å². The molecule has 112 valence electrons. The van der Waals surface area contributed by atoms with Crippen LogP contribution in [0.3, 0.4) is 0 Å². The molecule has 0 aliphatic rings. The highest BCUT2D eigenvalue weighted by molar-refractivity contribution is 7.92. The van der Waals surface area contributed by atoms with Crippen molar-refractivity contribution in [1.29, 1.82) is 0 Å². The summed E-state index contributed by atoms with van der Waals surface area (Å²) >= 11 is 5.65. The van der Waals surface area contributed by atoms with E-state index in [2.05, 4.69) is 9.71 Å². The van der Waals surface area contributed by atoms with E-state index in [1.54, 1.807) is 6.92 Å². The lowest BCUT2D eigenvalue weighted by atomic mass is 10.3. The molecule has 8 heteroatoms. The lowest BCUT2D eigenvalue weighted by molar-refractivity contribution is 0.321. The molecule has 0 fully saturated rings. The van der Waals surface area contributed by atoms with Crippen molar-refractivity contribution in [2.24, 2.45) is 0 Å². The van der Waals surface area contributed by atoms with E-state index >= 15 is 0 Å². The third-order valence-corrected chi connectivity index (χ3v) is 4.08. The number of nitrogens with one attached hydrogen (secondary N) is 1. The van der Waals surface area contributed by atoms with Crippen LogP contribution < -0.4 is 9.46 Å². The summed E-state index contributed by atoms with van der Waals surface area (Å²) in [4.78, 5) is 3.64. The molecular weight excluding hydrogens is 319 g/mol. The van der Waals surface area contributed by atoms with E-state index in [0.717, 1.165) is 6.07 Å². The zero-order chi connectivity index (χ0) is 15.5. The summed E-state index contributed by atoms with van der Waals surface area (Å²) in [6.07, 6.45) is 1.27. The second-order valence-electron chi connectivity index (χ2n) is 4.00. The van der Waals surface area contributed by atoms with Gasteiger partial charge >= 0.3 is 0 Å². The van der Waals surface area contributed by atoms with Gasteiger partial charge in [0.05, 0.1) is 17.2 Å². The first-order valence-electron chi connectivity index (χ1n) is 5.99. The van der Waals surface area contributed by atoms with Crippen LogP contribution in [0, 0.1) is 5.82 Å². The molecule has 0 aliphatic carbocycles. The molecule has 0 atom stereocenters. The lowest BCUT2D eigenvalue weighted by Gasteiger charge is -2.10. The number of ether oxygens (including phenoxy) is 1. The van der Waals surface area contributed by atoms with Gasteiger partial charge in [-0.25, -0.2) is 17.8 Å². The first kappa shape index (κ1) is 15.5. The van der Waals surface area contributed by atoms with Crippen LogP contribution >= 0.6 is 11.6 Å². The number of pyridine rings is 1. The third-order valence-electron chi connectivity index (χ3n) is 2.49. The van der Waals surface area contributed by atoms with Gasteiger partial charge < -0.3 is 4.74 Å². The van der Waals surface area contributed by atoms with Gasteiger partial charge in [0.2, 0.25) is 0 Å². The smallest absolute Gasteiger partial charge is 0.262 e. The minimum atomic E-state index is -3.86. The van der Waals surface area contributed by atoms with Gasteiger partial charge in [-0.3, -0.25) is 4.72 Å². The van der Waals surface area contributed by atoms with E-state index in [0.29, 0.717) is 6.61 Å². The number of sulfonamides is 1. The van der Waals surface area contributed by atoms with E-state index < -0.39 is 15.8 Å². The zero-order valence-corrected chi connectivity index (χ0v) is 12.6. The number of hydrogen-bond acceptors (Lipinski definition) is 4. The molecule has 0 spiro atoms. The first-order valence-corrected chi connectivity index (χ1v) is 7.85. The van der Waals surface area contributed by atoms with E-state index in [9.17, 15) is 12.8 Å². The molecule has 0 radical (unpaired) electrons. The Hall–Kier alpha value is -1.86. The first-order chi connectivity index (χ1) is 9.92. The largest absolute Gasteiger partial charge is 0.491 e. The van der Waals surface area contributed by atoms with Gasteiger partial charge in [-0.1, -0.05) is 11.6 Å². The van der Waals surface area contributed by atoms with Gasteiger partial charge in [0.25, 0.3) is 10.0 Å². The minimum Gasteiger partial charge on any atom is -0.491 e. The molecule has 0 bridgehead atoms. The predicted octanol–water partition coefficient (Wildman–Crippen LogP) is 3.07. The zero-order valence-electron chi connectivity index (χ0n) is 11.0. The fourth-order valence-corrected chi connectivity index (χ4v) is 2.90. The highest BCUT2D eigenvalue weighted by Crippen LogP contribution is 2.23. The second-order valence-corrected chi connectivity index (χ2v) is 6.07. The quantitative estimate of drug-likeness (QED) is 0.855. The topological polar surface area (TPSA) is 68.3 Å². The van der Waals surface area contributed by atoms with Crippen molar-refractivity contribution in [2.75, 3.05) is 11.3 Å². The van der Waals surface area contributed by atoms with E-state index in [1.807, 2.05) is 0 Å². The molecule has 1 aromatic carbocycles. The normalized spacial score (nSPS) is 11.2. The van der Waals surface area contributed by atoms with Crippen molar-refractivity contribution in [2.45, 2.75) is 11.8 Å². The molecule has 2 rings (SSSR count). The molecule has 0 saturated carbocycles. The fourth-order valence-electron chi connectivity index (χ4n) is 1.60. The number of benzene rings is 1. The summed E-state index contributed by atoms with van der Waals surface area (Å²) in [5.74, 6) is -0.586. The molecule has 0 amide bonds. The second kappa shape index (κ2) is 6.28. The van der Waals surface area contributed by atoms with Gasteiger partial charge in [0.15, 0.2) is 11.6 Å². The number of hydrogen-bond donors (Lipinski definition) is 1. The van der Waals surface area contributed by atoms with Crippen LogP contribution in [-0.4, -0.2) is 20.0 Å². The van der Waals surface area contributed by atoms with Gasteiger partial charge in [0.1, 0.15) is 5.15 Å². The van der Waals surface area contributed by atoms with Crippen molar-refractivity contribution in [3.63, 3.8) is 0 Å². The summed E-state index contributed by atoms with van der Waals surface area (Å²) in [5.41, 5.74) is 0.0869. The molecule has 0 aliphatic heterocycles. The van der Waals surface area contributed by atoms with E-state index in [4.69, 9.17) is 16.3 Å². The van der Waals surface area contributed by atoms with E-state index in [1.165, 1.54) is 30.5 Å². The Morgan fingerprint density at radius 2 is 2.10 bits per heavy atom. The Kier molecular flexibility index (Phi) is 4.64. The number of halogens is 2. The highest BCUT2D eigenvalue weighted by Gasteiger charge is 2.16. The van der Waals surface area contributed by atoms with Gasteiger partial charge in [-0.05, 0) is 31.2 Å². The monoisotopic (exact) mass is 330 g/mol. The standard InChI is InChI=1S/C13H12ClFN2O3S/c1-2-20-12-4-3-9(7-11(12)15)17-21(18,19)10-5-6-16-13(14)8-10/h3-8,17H,2H2,1H3.